The summed E-state index contributed by atoms with van der Waals surface area (Å²) >= 11 is 11.0. The summed E-state index contributed by atoms with van der Waals surface area (Å²) in [6, 6.07) is 1.82. The van der Waals surface area contributed by atoms with Crippen LogP contribution in [-0.2, 0) is 10.0 Å². The molecule has 0 fully saturated rings. The zero-order valence-electron chi connectivity index (χ0n) is 7.01. The largest absolute Gasteiger partial charge is 0.241 e. The molecule has 7 heteroatoms. The molecular weight excluding hydrogens is 252 g/mol. The second kappa shape index (κ2) is 4.02. The zero-order chi connectivity index (χ0) is 10.9. The van der Waals surface area contributed by atoms with Crippen LogP contribution >= 0.6 is 23.2 Å². The number of sulfonamides is 1. The third-order valence-corrected chi connectivity index (χ3v) is 3.70. The van der Waals surface area contributed by atoms with Crippen LogP contribution in [0.15, 0.2) is 17.0 Å². The maximum Gasteiger partial charge on any atom is 0.241 e. The Bertz CT molecular complexity index is 461. The van der Waals surface area contributed by atoms with E-state index in [4.69, 9.17) is 23.2 Å². The molecule has 0 amide bonds. The van der Waals surface area contributed by atoms with Crippen LogP contribution in [0.5, 0.6) is 0 Å². The summed E-state index contributed by atoms with van der Waals surface area (Å²) in [6.45, 7) is 0. The molecule has 0 heterocycles. The molecule has 1 aromatic rings. The van der Waals surface area contributed by atoms with E-state index < -0.39 is 15.8 Å². The molecule has 78 valence electrons. The summed E-state index contributed by atoms with van der Waals surface area (Å²) in [4.78, 5) is -0.243. The maximum atomic E-state index is 12.8. The highest BCUT2D eigenvalue weighted by Gasteiger charge is 2.18. The van der Waals surface area contributed by atoms with Crippen LogP contribution in [0.25, 0.3) is 0 Å². The molecule has 0 aliphatic heterocycles. The minimum Gasteiger partial charge on any atom is -0.214 e. The number of hydrogen-bond donors (Lipinski definition) is 1. The van der Waals surface area contributed by atoms with Gasteiger partial charge in [0.1, 0.15) is 10.7 Å². The Hall–Kier alpha value is -0.360. The predicted molar refractivity (Wildman–Crippen MR) is 52.7 cm³/mol. The van der Waals surface area contributed by atoms with Gasteiger partial charge >= 0.3 is 0 Å². The van der Waals surface area contributed by atoms with E-state index in [1.807, 2.05) is 0 Å². The van der Waals surface area contributed by atoms with Crippen LogP contribution in [0.3, 0.4) is 0 Å². The van der Waals surface area contributed by atoms with E-state index in [2.05, 4.69) is 4.72 Å². The van der Waals surface area contributed by atoms with Gasteiger partial charge in [-0.05, 0) is 19.2 Å². The molecule has 1 rings (SSSR count). The van der Waals surface area contributed by atoms with E-state index in [0.717, 1.165) is 12.1 Å². The first-order valence-corrected chi connectivity index (χ1v) is 5.70. The fourth-order valence-corrected chi connectivity index (χ4v) is 2.31. The van der Waals surface area contributed by atoms with Crippen molar-refractivity contribution >= 4 is 33.2 Å². The second-order valence-corrected chi connectivity index (χ2v) is 5.07. The van der Waals surface area contributed by atoms with E-state index in [9.17, 15) is 12.8 Å². The van der Waals surface area contributed by atoms with Gasteiger partial charge in [0.15, 0.2) is 0 Å². The van der Waals surface area contributed by atoms with Gasteiger partial charge in [-0.3, -0.25) is 0 Å². The van der Waals surface area contributed by atoms with Crippen molar-refractivity contribution in [2.75, 3.05) is 7.05 Å². The Kier molecular flexibility index (Phi) is 3.36. The highest BCUT2D eigenvalue weighted by molar-refractivity contribution is 7.89. The Morgan fingerprint density at radius 3 is 2.36 bits per heavy atom. The van der Waals surface area contributed by atoms with Gasteiger partial charge in [0.25, 0.3) is 0 Å². The summed E-state index contributed by atoms with van der Waals surface area (Å²) in [5.74, 6) is -0.758. The third-order valence-electron chi connectivity index (χ3n) is 1.53. The van der Waals surface area contributed by atoms with Gasteiger partial charge in [0.2, 0.25) is 10.0 Å². The Morgan fingerprint density at radius 2 is 1.86 bits per heavy atom. The molecule has 1 aromatic carbocycles. The molecule has 0 unspecified atom stereocenters. The van der Waals surface area contributed by atoms with Crippen LogP contribution in [0.4, 0.5) is 4.39 Å². The lowest BCUT2D eigenvalue weighted by molar-refractivity contribution is 0.587. The standard InChI is InChI=1S/C7H6Cl2FNO2S/c1-11-14(12,13)7-3-4(8)6(10)2-5(7)9/h2-3,11H,1H3. The van der Waals surface area contributed by atoms with Crippen molar-refractivity contribution in [2.45, 2.75) is 4.90 Å². The maximum absolute atomic E-state index is 12.8. The van der Waals surface area contributed by atoms with Gasteiger partial charge in [0, 0.05) is 0 Å². The van der Waals surface area contributed by atoms with E-state index in [-0.39, 0.29) is 14.9 Å². The van der Waals surface area contributed by atoms with Crippen LogP contribution in [0, 0.1) is 5.82 Å². The van der Waals surface area contributed by atoms with Gasteiger partial charge in [-0.1, -0.05) is 23.2 Å². The quantitative estimate of drug-likeness (QED) is 0.825. The summed E-state index contributed by atoms with van der Waals surface area (Å²) < 4.78 is 37.5. The molecule has 0 atom stereocenters. The molecule has 0 bridgehead atoms. The summed E-state index contributed by atoms with van der Waals surface area (Å²) in [5, 5.41) is -0.496. The van der Waals surface area contributed by atoms with Crippen molar-refractivity contribution in [3.05, 3.63) is 28.0 Å². The van der Waals surface area contributed by atoms with Crippen LogP contribution in [-0.4, -0.2) is 15.5 Å². The second-order valence-electron chi connectivity index (χ2n) is 2.40. The van der Waals surface area contributed by atoms with Gasteiger partial charge in [-0.25, -0.2) is 17.5 Å². The third kappa shape index (κ3) is 2.17. The molecule has 0 saturated heterocycles. The first kappa shape index (κ1) is 11.7. The number of nitrogens with one attached hydrogen (secondary N) is 1. The minimum absolute atomic E-state index is 0.207. The van der Waals surface area contributed by atoms with Crippen molar-refractivity contribution in [1.82, 2.24) is 4.72 Å². The number of halogens is 3. The summed E-state index contributed by atoms with van der Waals surface area (Å²) in [5.41, 5.74) is 0. The molecule has 0 saturated carbocycles. The molecule has 3 nitrogen and oxygen atoms in total. The number of hydrogen-bond acceptors (Lipinski definition) is 2. The lowest BCUT2D eigenvalue weighted by Gasteiger charge is -2.05. The smallest absolute Gasteiger partial charge is 0.214 e. The van der Waals surface area contributed by atoms with Crippen molar-refractivity contribution in [3.63, 3.8) is 0 Å². The lowest BCUT2D eigenvalue weighted by Crippen LogP contribution is -2.19. The Balaban J connectivity index is 3.45. The molecule has 14 heavy (non-hydrogen) atoms. The monoisotopic (exact) mass is 257 g/mol. The van der Waals surface area contributed by atoms with Crippen molar-refractivity contribution in [1.29, 1.82) is 0 Å². The van der Waals surface area contributed by atoms with Gasteiger partial charge < -0.3 is 0 Å². The molecule has 0 radical (unpaired) electrons. The average molecular weight is 258 g/mol. The van der Waals surface area contributed by atoms with Crippen LogP contribution < -0.4 is 4.72 Å². The molecular formula is C7H6Cl2FNO2S. The molecule has 0 aliphatic rings. The molecule has 0 aromatic heterocycles. The number of benzene rings is 1. The molecule has 0 spiro atoms. The van der Waals surface area contributed by atoms with E-state index in [1.54, 1.807) is 0 Å². The fourth-order valence-electron chi connectivity index (χ4n) is 0.820. The van der Waals surface area contributed by atoms with Gasteiger partial charge in [-0.2, -0.15) is 0 Å². The predicted octanol–water partition coefficient (Wildman–Crippen LogP) is 2.04. The highest BCUT2D eigenvalue weighted by Crippen LogP contribution is 2.27. The van der Waals surface area contributed by atoms with Crippen molar-refractivity contribution in [3.8, 4) is 0 Å². The topological polar surface area (TPSA) is 46.2 Å². The average Bonchev–Trinajstić information content (AvgIpc) is 2.11. The zero-order valence-corrected chi connectivity index (χ0v) is 9.34. The minimum atomic E-state index is -3.70. The van der Waals surface area contributed by atoms with Crippen molar-refractivity contribution < 1.29 is 12.8 Å². The van der Waals surface area contributed by atoms with Gasteiger partial charge in [0.05, 0.1) is 10.0 Å². The van der Waals surface area contributed by atoms with E-state index in [1.165, 1.54) is 7.05 Å². The highest BCUT2D eigenvalue weighted by atomic mass is 35.5. The first-order chi connectivity index (χ1) is 6.38. The lowest BCUT2D eigenvalue weighted by atomic mass is 10.3. The van der Waals surface area contributed by atoms with E-state index >= 15 is 0 Å². The van der Waals surface area contributed by atoms with Crippen LogP contribution in [0.1, 0.15) is 0 Å². The van der Waals surface area contributed by atoms with Crippen molar-refractivity contribution in [2.24, 2.45) is 0 Å². The fraction of sp³-hybridized carbons (Fsp3) is 0.143. The summed E-state index contributed by atoms with van der Waals surface area (Å²) in [7, 11) is -2.48. The normalized spacial score (nSPS) is 11.7. The van der Waals surface area contributed by atoms with E-state index in [0.29, 0.717) is 0 Å². The number of rotatable bonds is 2. The molecule has 1 N–H and O–H groups in total. The Labute approximate surface area is 90.9 Å². The SMILES string of the molecule is CNS(=O)(=O)c1cc(Cl)c(F)cc1Cl. The first-order valence-electron chi connectivity index (χ1n) is 3.46. The Morgan fingerprint density at radius 1 is 1.29 bits per heavy atom. The van der Waals surface area contributed by atoms with Crippen LogP contribution in [0.2, 0.25) is 10.0 Å². The molecule has 0 aliphatic carbocycles. The van der Waals surface area contributed by atoms with Gasteiger partial charge in [-0.15, -0.1) is 0 Å². The summed E-state index contributed by atoms with van der Waals surface area (Å²) in [6.07, 6.45) is 0.